The van der Waals surface area contributed by atoms with Crippen molar-refractivity contribution in [3.8, 4) is 5.88 Å². The van der Waals surface area contributed by atoms with Crippen LogP contribution in [0.3, 0.4) is 0 Å². The van der Waals surface area contributed by atoms with Crippen LogP contribution in [0.2, 0.25) is 0 Å². The fourth-order valence-electron chi connectivity index (χ4n) is 2.85. The minimum absolute atomic E-state index is 0.248. The third kappa shape index (κ3) is 3.96. The van der Waals surface area contributed by atoms with Crippen molar-refractivity contribution in [2.75, 3.05) is 19.7 Å². The summed E-state index contributed by atoms with van der Waals surface area (Å²) in [4.78, 5) is 25.4. The van der Waals surface area contributed by atoms with Crippen LogP contribution in [0.15, 0.2) is 18.6 Å². The Kier molecular flexibility index (Phi) is 4.59. The second kappa shape index (κ2) is 6.67. The van der Waals surface area contributed by atoms with Crippen molar-refractivity contribution in [1.82, 2.24) is 19.9 Å². The first-order valence-electron chi connectivity index (χ1n) is 8.31. The van der Waals surface area contributed by atoms with Crippen LogP contribution in [-0.4, -0.2) is 51.2 Å². The number of piperidine rings is 1. The van der Waals surface area contributed by atoms with Gasteiger partial charge in [-0.3, -0.25) is 0 Å². The number of amides is 1. The summed E-state index contributed by atoms with van der Waals surface area (Å²) < 4.78 is 11.4. The van der Waals surface area contributed by atoms with Gasteiger partial charge in [0.1, 0.15) is 17.6 Å². The maximum absolute atomic E-state index is 12.2. The topological polar surface area (TPSA) is 80.3 Å². The molecule has 1 saturated heterocycles. The van der Waals surface area contributed by atoms with Gasteiger partial charge in [0.25, 0.3) is 0 Å². The average molecular weight is 332 g/mol. The quantitative estimate of drug-likeness (QED) is 0.934. The SMILES string of the molecule is CC(C)(C)OC(=O)N1CCCC(COc2ncnc3[nH]ccc23)C1. The van der Waals surface area contributed by atoms with Crippen molar-refractivity contribution < 1.29 is 14.3 Å². The highest BCUT2D eigenvalue weighted by atomic mass is 16.6. The van der Waals surface area contributed by atoms with E-state index in [-0.39, 0.29) is 12.0 Å². The second-order valence-electron chi connectivity index (χ2n) is 7.16. The first-order chi connectivity index (χ1) is 11.4. The van der Waals surface area contributed by atoms with Crippen molar-refractivity contribution in [3.05, 3.63) is 18.6 Å². The monoisotopic (exact) mass is 332 g/mol. The van der Waals surface area contributed by atoms with Crippen LogP contribution in [-0.2, 0) is 4.74 Å². The normalized spacial score (nSPS) is 18.6. The lowest BCUT2D eigenvalue weighted by Gasteiger charge is -2.33. The average Bonchev–Trinajstić information content (AvgIpc) is 3.00. The van der Waals surface area contributed by atoms with E-state index in [1.54, 1.807) is 4.90 Å². The number of H-pyrrole nitrogens is 1. The standard InChI is InChI=1S/C17H24N4O3/c1-17(2,3)24-16(22)21-8-4-5-12(9-21)10-23-15-13-6-7-18-14(13)19-11-20-15/h6-7,11-12H,4-5,8-10H2,1-3H3,(H,18,19,20). The zero-order chi connectivity index (χ0) is 17.2. The lowest BCUT2D eigenvalue weighted by Crippen LogP contribution is -2.44. The molecule has 7 nitrogen and oxygen atoms in total. The van der Waals surface area contributed by atoms with Crippen LogP contribution in [0.4, 0.5) is 4.79 Å². The third-order valence-corrected chi connectivity index (χ3v) is 3.94. The van der Waals surface area contributed by atoms with Crippen LogP contribution < -0.4 is 4.74 Å². The molecule has 1 fully saturated rings. The summed E-state index contributed by atoms with van der Waals surface area (Å²) in [5, 5.41) is 0.873. The van der Waals surface area contributed by atoms with Gasteiger partial charge in [-0.2, -0.15) is 0 Å². The molecule has 1 aliphatic heterocycles. The number of nitrogens with one attached hydrogen (secondary N) is 1. The van der Waals surface area contributed by atoms with Crippen molar-refractivity contribution in [3.63, 3.8) is 0 Å². The maximum atomic E-state index is 12.2. The maximum Gasteiger partial charge on any atom is 0.410 e. The van der Waals surface area contributed by atoms with Crippen molar-refractivity contribution in [1.29, 1.82) is 0 Å². The van der Waals surface area contributed by atoms with E-state index >= 15 is 0 Å². The van der Waals surface area contributed by atoms with E-state index in [1.807, 2.05) is 33.0 Å². The molecule has 0 aliphatic carbocycles. The number of hydrogen-bond donors (Lipinski definition) is 1. The molecule has 1 amide bonds. The Morgan fingerprint density at radius 1 is 1.42 bits per heavy atom. The number of carbonyl (C=O) groups is 1. The van der Waals surface area contributed by atoms with E-state index in [0.717, 1.165) is 30.4 Å². The molecule has 0 radical (unpaired) electrons. The molecule has 130 valence electrons. The molecular weight excluding hydrogens is 308 g/mol. The molecule has 7 heteroatoms. The Morgan fingerprint density at radius 2 is 2.25 bits per heavy atom. The largest absolute Gasteiger partial charge is 0.477 e. The Hall–Kier alpha value is -2.31. The molecule has 0 saturated carbocycles. The van der Waals surface area contributed by atoms with Gasteiger partial charge in [-0.1, -0.05) is 0 Å². The van der Waals surface area contributed by atoms with Gasteiger partial charge in [0.2, 0.25) is 5.88 Å². The van der Waals surface area contributed by atoms with Crippen molar-refractivity contribution in [2.24, 2.45) is 5.92 Å². The Morgan fingerprint density at radius 3 is 3.04 bits per heavy atom. The highest BCUT2D eigenvalue weighted by Crippen LogP contribution is 2.23. The summed E-state index contributed by atoms with van der Waals surface area (Å²) in [7, 11) is 0. The number of nitrogens with zero attached hydrogens (tertiary/aromatic N) is 3. The van der Waals surface area contributed by atoms with Crippen LogP contribution in [0, 0.1) is 5.92 Å². The lowest BCUT2D eigenvalue weighted by atomic mass is 9.99. The van der Waals surface area contributed by atoms with Gasteiger partial charge in [-0.25, -0.2) is 14.8 Å². The summed E-state index contributed by atoms with van der Waals surface area (Å²) in [6.45, 7) is 7.56. The van der Waals surface area contributed by atoms with Gasteiger partial charge >= 0.3 is 6.09 Å². The molecule has 3 rings (SSSR count). The van der Waals surface area contributed by atoms with Gasteiger partial charge in [-0.05, 0) is 39.7 Å². The fourth-order valence-corrected chi connectivity index (χ4v) is 2.85. The van der Waals surface area contributed by atoms with E-state index in [4.69, 9.17) is 9.47 Å². The molecule has 24 heavy (non-hydrogen) atoms. The van der Waals surface area contributed by atoms with E-state index < -0.39 is 5.60 Å². The third-order valence-electron chi connectivity index (χ3n) is 3.94. The van der Waals surface area contributed by atoms with Gasteiger partial charge in [0.05, 0.1) is 12.0 Å². The zero-order valence-electron chi connectivity index (χ0n) is 14.4. The molecule has 1 N–H and O–H groups in total. The number of rotatable bonds is 3. The number of fused-ring (bicyclic) bond motifs is 1. The molecular formula is C17H24N4O3. The Labute approximate surface area is 141 Å². The van der Waals surface area contributed by atoms with Crippen LogP contribution in [0.1, 0.15) is 33.6 Å². The minimum atomic E-state index is -0.471. The van der Waals surface area contributed by atoms with Gasteiger partial charge < -0.3 is 19.4 Å². The van der Waals surface area contributed by atoms with E-state index in [9.17, 15) is 4.79 Å². The van der Waals surface area contributed by atoms with Crippen LogP contribution >= 0.6 is 0 Å². The molecule has 2 aromatic rings. The number of carbonyl (C=O) groups excluding carboxylic acids is 1. The smallest absolute Gasteiger partial charge is 0.410 e. The van der Waals surface area contributed by atoms with Crippen molar-refractivity contribution in [2.45, 2.75) is 39.2 Å². The number of likely N-dealkylation sites (tertiary alicyclic amines) is 1. The molecule has 1 unspecified atom stereocenters. The summed E-state index contributed by atoms with van der Waals surface area (Å²) in [5.41, 5.74) is 0.292. The first kappa shape index (κ1) is 16.5. The summed E-state index contributed by atoms with van der Waals surface area (Å²) in [5.74, 6) is 0.853. The first-order valence-corrected chi connectivity index (χ1v) is 8.31. The predicted octanol–water partition coefficient (Wildman–Crippen LogP) is 2.98. The van der Waals surface area contributed by atoms with Crippen LogP contribution in [0.5, 0.6) is 5.88 Å². The molecule has 2 aromatic heterocycles. The van der Waals surface area contributed by atoms with Crippen molar-refractivity contribution >= 4 is 17.1 Å². The lowest BCUT2D eigenvalue weighted by molar-refractivity contribution is 0.0138. The number of hydrogen-bond acceptors (Lipinski definition) is 5. The molecule has 3 heterocycles. The Balaban J connectivity index is 1.58. The fraction of sp³-hybridized carbons (Fsp3) is 0.588. The molecule has 0 aromatic carbocycles. The number of ether oxygens (including phenoxy) is 2. The Bertz CT molecular complexity index is 707. The highest BCUT2D eigenvalue weighted by Gasteiger charge is 2.28. The molecule has 1 aliphatic rings. The predicted molar refractivity (Wildman–Crippen MR) is 89.9 cm³/mol. The van der Waals surface area contributed by atoms with E-state index in [2.05, 4.69) is 15.0 Å². The molecule has 1 atom stereocenters. The summed E-state index contributed by atoms with van der Waals surface area (Å²) in [6.07, 6.45) is 5.04. The summed E-state index contributed by atoms with van der Waals surface area (Å²) >= 11 is 0. The van der Waals surface area contributed by atoms with Gasteiger partial charge in [0, 0.05) is 25.2 Å². The zero-order valence-corrected chi connectivity index (χ0v) is 14.4. The summed E-state index contributed by atoms with van der Waals surface area (Å²) in [6, 6.07) is 1.90. The number of aromatic nitrogens is 3. The second-order valence-corrected chi connectivity index (χ2v) is 7.16. The highest BCUT2D eigenvalue weighted by molar-refractivity contribution is 5.80. The van der Waals surface area contributed by atoms with Gasteiger partial charge in [0.15, 0.2) is 0 Å². The van der Waals surface area contributed by atoms with E-state index in [0.29, 0.717) is 19.0 Å². The van der Waals surface area contributed by atoms with Crippen LogP contribution in [0.25, 0.3) is 11.0 Å². The molecule has 0 spiro atoms. The molecule has 0 bridgehead atoms. The van der Waals surface area contributed by atoms with E-state index in [1.165, 1.54) is 6.33 Å². The minimum Gasteiger partial charge on any atom is -0.477 e. The van der Waals surface area contributed by atoms with Gasteiger partial charge in [-0.15, -0.1) is 0 Å². The number of aromatic amines is 1.